The maximum Gasteiger partial charge on any atom is 0.305 e. The summed E-state index contributed by atoms with van der Waals surface area (Å²) in [5.74, 6) is -2.56. The summed E-state index contributed by atoms with van der Waals surface area (Å²) >= 11 is 0. The number of carboxylic acid groups (broad SMARTS) is 1. The van der Waals surface area contributed by atoms with Crippen LogP contribution in [0.3, 0.4) is 0 Å². The molecule has 0 saturated carbocycles. The highest BCUT2D eigenvalue weighted by Gasteiger charge is 2.25. The molecule has 0 bridgehead atoms. The highest BCUT2D eigenvalue weighted by Crippen LogP contribution is 2.23. The van der Waals surface area contributed by atoms with Crippen LogP contribution in [0.1, 0.15) is 31.4 Å². The van der Waals surface area contributed by atoms with Crippen molar-refractivity contribution in [1.82, 2.24) is 5.32 Å². The first-order chi connectivity index (χ1) is 8.95. The number of rotatable bonds is 7. The van der Waals surface area contributed by atoms with E-state index in [-0.39, 0.29) is 12.0 Å². The SMILES string of the molecule is CCCNC(CC(=O)O)C(O)c1cc(F)ccc1F. The lowest BCUT2D eigenvalue weighted by Crippen LogP contribution is -2.37. The zero-order valence-electron chi connectivity index (χ0n) is 10.6. The van der Waals surface area contributed by atoms with E-state index >= 15 is 0 Å². The number of aliphatic hydroxyl groups excluding tert-OH is 1. The third-order valence-electron chi connectivity index (χ3n) is 2.71. The highest BCUT2D eigenvalue weighted by atomic mass is 19.1. The molecule has 2 unspecified atom stereocenters. The van der Waals surface area contributed by atoms with E-state index in [1.807, 2.05) is 6.92 Å². The normalized spacial score (nSPS) is 14.1. The summed E-state index contributed by atoms with van der Waals surface area (Å²) in [5.41, 5.74) is -0.241. The van der Waals surface area contributed by atoms with E-state index in [9.17, 15) is 18.7 Å². The van der Waals surface area contributed by atoms with Gasteiger partial charge >= 0.3 is 5.97 Å². The van der Waals surface area contributed by atoms with Crippen LogP contribution in [0.4, 0.5) is 8.78 Å². The topological polar surface area (TPSA) is 69.6 Å². The summed E-state index contributed by atoms with van der Waals surface area (Å²) in [7, 11) is 0. The predicted octanol–water partition coefficient (Wildman–Crippen LogP) is 1.84. The van der Waals surface area contributed by atoms with Gasteiger partial charge in [-0.15, -0.1) is 0 Å². The van der Waals surface area contributed by atoms with Crippen LogP contribution in [0.2, 0.25) is 0 Å². The van der Waals surface area contributed by atoms with Gasteiger partial charge in [0.15, 0.2) is 0 Å². The average molecular weight is 273 g/mol. The third-order valence-corrected chi connectivity index (χ3v) is 2.71. The molecule has 0 aromatic heterocycles. The summed E-state index contributed by atoms with van der Waals surface area (Å²) in [6.07, 6.45) is -1.07. The maximum atomic E-state index is 13.5. The van der Waals surface area contributed by atoms with Crippen LogP contribution in [0, 0.1) is 11.6 Å². The molecule has 0 amide bonds. The van der Waals surface area contributed by atoms with Crippen LogP contribution >= 0.6 is 0 Å². The number of carbonyl (C=O) groups is 1. The van der Waals surface area contributed by atoms with Gasteiger partial charge in [-0.2, -0.15) is 0 Å². The highest BCUT2D eigenvalue weighted by molar-refractivity contribution is 5.67. The molecule has 0 radical (unpaired) electrons. The number of carboxylic acids is 1. The second kappa shape index (κ2) is 7.16. The number of nitrogens with one attached hydrogen (secondary N) is 1. The smallest absolute Gasteiger partial charge is 0.305 e. The van der Waals surface area contributed by atoms with Gasteiger partial charge in [-0.25, -0.2) is 8.78 Å². The lowest BCUT2D eigenvalue weighted by atomic mass is 9.99. The number of hydrogen-bond donors (Lipinski definition) is 3. The Morgan fingerprint density at radius 1 is 1.42 bits per heavy atom. The van der Waals surface area contributed by atoms with E-state index in [0.29, 0.717) is 6.54 Å². The Labute approximate surface area is 110 Å². The number of aliphatic carboxylic acids is 1. The minimum absolute atomic E-state index is 0.241. The molecular formula is C13H17F2NO3. The van der Waals surface area contributed by atoms with Crippen molar-refractivity contribution in [3.63, 3.8) is 0 Å². The van der Waals surface area contributed by atoms with Crippen LogP contribution in [0.25, 0.3) is 0 Å². The first-order valence-corrected chi connectivity index (χ1v) is 6.04. The van der Waals surface area contributed by atoms with Gasteiger partial charge in [0, 0.05) is 11.6 Å². The molecule has 2 atom stereocenters. The molecule has 0 saturated heterocycles. The second-order valence-electron chi connectivity index (χ2n) is 4.27. The standard InChI is InChI=1S/C13H17F2NO3/c1-2-5-16-11(7-12(17)18)13(19)9-6-8(14)3-4-10(9)15/h3-4,6,11,13,16,19H,2,5,7H2,1H3,(H,17,18). The minimum Gasteiger partial charge on any atom is -0.481 e. The zero-order valence-corrected chi connectivity index (χ0v) is 10.6. The molecule has 19 heavy (non-hydrogen) atoms. The van der Waals surface area contributed by atoms with Crippen LogP contribution in [0.15, 0.2) is 18.2 Å². The van der Waals surface area contributed by atoms with Gasteiger partial charge < -0.3 is 15.5 Å². The maximum absolute atomic E-state index is 13.5. The molecule has 0 aliphatic carbocycles. The Morgan fingerprint density at radius 3 is 2.68 bits per heavy atom. The molecule has 1 aromatic carbocycles. The Kier molecular flexibility index (Phi) is 5.85. The van der Waals surface area contributed by atoms with Crippen molar-refractivity contribution in [2.24, 2.45) is 0 Å². The molecule has 0 aliphatic heterocycles. The third kappa shape index (κ3) is 4.57. The van der Waals surface area contributed by atoms with E-state index in [4.69, 9.17) is 5.11 Å². The van der Waals surface area contributed by atoms with E-state index in [0.717, 1.165) is 24.6 Å². The van der Waals surface area contributed by atoms with Crippen molar-refractivity contribution in [3.05, 3.63) is 35.4 Å². The number of benzene rings is 1. The van der Waals surface area contributed by atoms with Crippen LogP contribution in [-0.4, -0.2) is 28.8 Å². The van der Waals surface area contributed by atoms with Gasteiger partial charge in [-0.1, -0.05) is 6.92 Å². The van der Waals surface area contributed by atoms with Gasteiger partial charge in [0.25, 0.3) is 0 Å². The number of hydrogen-bond acceptors (Lipinski definition) is 3. The van der Waals surface area contributed by atoms with Crippen LogP contribution in [0.5, 0.6) is 0 Å². The fourth-order valence-corrected chi connectivity index (χ4v) is 1.77. The lowest BCUT2D eigenvalue weighted by molar-refractivity contribution is -0.138. The van der Waals surface area contributed by atoms with Crippen LogP contribution in [-0.2, 0) is 4.79 Å². The van der Waals surface area contributed by atoms with Gasteiger partial charge in [-0.3, -0.25) is 4.79 Å². The first kappa shape index (κ1) is 15.5. The Hall–Kier alpha value is -1.53. The Morgan fingerprint density at radius 2 is 2.11 bits per heavy atom. The van der Waals surface area contributed by atoms with Crippen molar-refractivity contribution in [3.8, 4) is 0 Å². The Bertz CT molecular complexity index is 440. The van der Waals surface area contributed by atoms with Crippen molar-refractivity contribution < 1.29 is 23.8 Å². The molecule has 0 spiro atoms. The average Bonchev–Trinajstić information content (AvgIpc) is 2.36. The number of aliphatic hydroxyl groups is 1. The largest absolute Gasteiger partial charge is 0.481 e. The van der Waals surface area contributed by atoms with Gasteiger partial charge in [-0.05, 0) is 31.2 Å². The van der Waals surface area contributed by atoms with Crippen molar-refractivity contribution >= 4 is 5.97 Å². The molecule has 0 fully saturated rings. The fourth-order valence-electron chi connectivity index (χ4n) is 1.77. The summed E-state index contributed by atoms with van der Waals surface area (Å²) in [5, 5.41) is 21.6. The van der Waals surface area contributed by atoms with Crippen molar-refractivity contribution in [2.75, 3.05) is 6.54 Å². The summed E-state index contributed by atoms with van der Waals surface area (Å²) in [4.78, 5) is 10.7. The summed E-state index contributed by atoms with van der Waals surface area (Å²) < 4.78 is 26.6. The number of halogens is 2. The van der Waals surface area contributed by atoms with Gasteiger partial charge in [0.1, 0.15) is 11.6 Å². The molecule has 4 nitrogen and oxygen atoms in total. The second-order valence-corrected chi connectivity index (χ2v) is 4.27. The molecule has 1 aromatic rings. The summed E-state index contributed by atoms with van der Waals surface area (Å²) in [6, 6.07) is 1.86. The lowest BCUT2D eigenvalue weighted by Gasteiger charge is -2.23. The molecule has 1 rings (SSSR count). The molecule has 3 N–H and O–H groups in total. The van der Waals surface area contributed by atoms with Crippen molar-refractivity contribution in [2.45, 2.75) is 31.9 Å². The van der Waals surface area contributed by atoms with Crippen molar-refractivity contribution in [1.29, 1.82) is 0 Å². The summed E-state index contributed by atoms with van der Waals surface area (Å²) in [6.45, 7) is 2.35. The molecule has 6 heteroatoms. The van der Waals surface area contributed by atoms with Crippen LogP contribution < -0.4 is 5.32 Å². The molecule has 106 valence electrons. The van der Waals surface area contributed by atoms with Gasteiger partial charge in [0.2, 0.25) is 0 Å². The van der Waals surface area contributed by atoms with E-state index < -0.39 is 29.7 Å². The first-order valence-electron chi connectivity index (χ1n) is 6.04. The quantitative estimate of drug-likeness (QED) is 0.709. The van der Waals surface area contributed by atoms with E-state index in [1.165, 1.54) is 0 Å². The van der Waals surface area contributed by atoms with E-state index in [1.54, 1.807) is 0 Å². The van der Waals surface area contributed by atoms with E-state index in [2.05, 4.69) is 5.32 Å². The molecule has 0 aliphatic rings. The minimum atomic E-state index is -1.42. The monoisotopic (exact) mass is 273 g/mol. The molecule has 0 heterocycles. The Balaban J connectivity index is 2.93. The molecular weight excluding hydrogens is 256 g/mol. The predicted molar refractivity (Wildman–Crippen MR) is 65.7 cm³/mol. The van der Waals surface area contributed by atoms with Gasteiger partial charge in [0.05, 0.1) is 12.5 Å². The zero-order chi connectivity index (χ0) is 14.4. The fraction of sp³-hybridized carbons (Fsp3) is 0.462.